The monoisotopic (exact) mass is 229 g/mol. The molecule has 0 radical (unpaired) electrons. The van der Waals surface area contributed by atoms with Crippen molar-refractivity contribution < 1.29 is 4.74 Å². The summed E-state index contributed by atoms with van der Waals surface area (Å²) in [5.41, 5.74) is 1.86. The Kier molecular flexibility index (Phi) is 2.88. The van der Waals surface area contributed by atoms with E-state index in [-0.39, 0.29) is 0 Å². The largest absolute Gasteiger partial charge is 0.381 e. The summed E-state index contributed by atoms with van der Waals surface area (Å²) in [6, 6.07) is 7.90. The molecule has 1 fully saturated rings. The fourth-order valence-electron chi connectivity index (χ4n) is 2.04. The molecule has 1 aromatic carbocycles. The first-order valence-corrected chi connectivity index (χ1v) is 5.95. The highest BCUT2D eigenvalue weighted by atomic mass is 16.5. The molecule has 2 heterocycles. The van der Waals surface area contributed by atoms with Gasteiger partial charge in [0.2, 0.25) is 0 Å². The average Bonchev–Trinajstić information content (AvgIpc) is 2.89. The summed E-state index contributed by atoms with van der Waals surface area (Å²) in [5, 5.41) is 3.33. The minimum atomic E-state index is 0.600. The number of rotatable bonds is 3. The van der Waals surface area contributed by atoms with Crippen molar-refractivity contribution in [3.8, 4) is 0 Å². The van der Waals surface area contributed by atoms with Crippen LogP contribution in [0.3, 0.4) is 0 Å². The molecule has 17 heavy (non-hydrogen) atoms. The number of hydrogen-bond acceptors (Lipinski definition) is 4. The van der Waals surface area contributed by atoms with Crippen LogP contribution in [0.15, 0.2) is 30.5 Å². The van der Waals surface area contributed by atoms with Gasteiger partial charge in [-0.05, 0) is 18.6 Å². The summed E-state index contributed by atoms with van der Waals surface area (Å²) >= 11 is 0. The molecule has 4 nitrogen and oxygen atoms in total. The number of nitrogens with zero attached hydrogens (tertiary/aromatic N) is 2. The van der Waals surface area contributed by atoms with Crippen LogP contribution < -0.4 is 5.32 Å². The molecule has 1 atom stereocenters. The van der Waals surface area contributed by atoms with Crippen LogP contribution in [0.2, 0.25) is 0 Å². The molecule has 0 saturated carbocycles. The van der Waals surface area contributed by atoms with Gasteiger partial charge in [-0.1, -0.05) is 12.1 Å². The molecule has 88 valence electrons. The molecular weight excluding hydrogens is 214 g/mol. The predicted molar refractivity (Wildman–Crippen MR) is 67.0 cm³/mol. The van der Waals surface area contributed by atoms with E-state index in [1.54, 1.807) is 6.20 Å². The third-order valence-corrected chi connectivity index (χ3v) is 3.04. The van der Waals surface area contributed by atoms with Gasteiger partial charge in [-0.3, -0.25) is 4.98 Å². The third-order valence-electron chi connectivity index (χ3n) is 3.04. The quantitative estimate of drug-likeness (QED) is 0.875. The minimum absolute atomic E-state index is 0.600. The Labute approximate surface area is 100 Å². The number of fused-ring (bicyclic) bond motifs is 1. The van der Waals surface area contributed by atoms with Gasteiger partial charge < -0.3 is 10.1 Å². The standard InChI is InChI=1S/C13H15N3O/c1-2-4-12-11(3-1)14-8-13(16-12)15-7-10-5-6-17-9-10/h1-4,8,10H,5-7,9H2,(H,15,16). The Morgan fingerprint density at radius 3 is 3.00 bits per heavy atom. The highest BCUT2D eigenvalue weighted by Crippen LogP contribution is 2.15. The van der Waals surface area contributed by atoms with Gasteiger partial charge >= 0.3 is 0 Å². The van der Waals surface area contributed by atoms with E-state index in [1.807, 2.05) is 24.3 Å². The second-order valence-corrected chi connectivity index (χ2v) is 4.35. The van der Waals surface area contributed by atoms with Crippen LogP contribution in [0.4, 0.5) is 5.82 Å². The van der Waals surface area contributed by atoms with Crippen LogP contribution in [0.1, 0.15) is 6.42 Å². The highest BCUT2D eigenvalue weighted by Gasteiger charge is 2.15. The van der Waals surface area contributed by atoms with Crippen LogP contribution >= 0.6 is 0 Å². The summed E-state index contributed by atoms with van der Waals surface area (Å²) in [6.07, 6.45) is 2.92. The average molecular weight is 229 g/mol. The fourth-order valence-corrected chi connectivity index (χ4v) is 2.04. The number of para-hydroxylation sites is 2. The predicted octanol–water partition coefficient (Wildman–Crippen LogP) is 2.08. The van der Waals surface area contributed by atoms with E-state index >= 15 is 0 Å². The lowest BCUT2D eigenvalue weighted by atomic mass is 10.1. The SMILES string of the molecule is c1ccc2nc(NCC3CCOC3)cnc2c1. The Morgan fingerprint density at radius 2 is 2.18 bits per heavy atom. The molecule has 1 aliphatic rings. The minimum Gasteiger partial charge on any atom is -0.381 e. The van der Waals surface area contributed by atoms with Crippen LogP contribution in [0.5, 0.6) is 0 Å². The van der Waals surface area contributed by atoms with Crippen molar-refractivity contribution in [3.05, 3.63) is 30.5 Å². The highest BCUT2D eigenvalue weighted by molar-refractivity contribution is 5.75. The topological polar surface area (TPSA) is 47.0 Å². The van der Waals surface area contributed by atoms with Gasteiger partial charge in [-0.2, -0.15) is 0 Å². The van der Waals surface area contributed by atoms with Crippen molar-refractivity contribution in [2.75, 3.05) is 25.1 Å². The maximum Gasteiger partial charge on any atom is 0.145 e. The van der Waals surface area contributed by atoms with Gasteiger partial charge in [0.05, 0.1) is 23.8 Å². The summed E-state index contributed by atoms with van der Waals surface area (Å²) in [4.78, 5) is 8.89. The van der Waals surface area contributed by atoms with Gasteiger partial charge in [-0.25, -0.2) is 4.98 Å². The van der Waals surface area contributed by atoms with Crippen molar-refractivity contribution in [1.82, 2.24) is 9.97 Å². The summed E-state index contributed by atoms with van der Waals surface area (Å²) < 4.78 is 5.34. The normalized spacial score (nSPS) is 19.6. The number of benzene rings is 1. The van der Waals surface area contributed by atoms with Crippen molar-refractivity contribution in [3.63, 3.8) is 0 Å². The number of anilines is 1. The molecule has 1 aliphatic heterocycles. The first kappa shape index (κ1) is 10.5. The van der Waals surface area contributed by atoms with Crippen LogP contribution in [-0.4, -0.2) is 29.7 Å². The second-order valence-electron chi connectivity index (χ2n) is 4.35. The van der Waals surface area contributed by atoms with Crippen molar-refractivity contribution >= 4 is 16.9 Å². The van der Waals surface area contributed by atoms with Crippen molar-refractivity contribution in [1.29, 1.82) is 0 Å². The first-order valence-electron chi connectivity index (χ1n) is 5.95. The molecule has 1 saturated heterocycles. The maximum atomic E-state index is 5.34. The van der Waals surface area contributed by atoms with E-state index in [4.69, 9.17) is 4.74 Å². The van der Waals surface area contributed by atoms with Crippen molar-refractivity contribution in [2.45, 2.75) is 6.42 Å². The molecule has 4 heteroatoms. The van der Waals surface area contributed by atoms with Gasteiger partial charge in [0.15, 0.2) is 0 Å². The first-order chi connectivity index (χ1) is 8.42. The molecule has 0 bridgehead atoms. The fraction of sp³-hybridized carbons (Fsp3) is 0.385. The lowest BCUT2D eigenvalue weighted by Crippen LogP contribution is -2.14. The second kappa shape index (κ2) is 4.67. The van der Waals surface area contributed by atoms with Crippen LogP contribution in [0.25, 0.3) is 11.0 Å². The third kappa shape index (κ3) is 2.36. The van der Waals surface area contributed by atoms with Gasteiger partial charge in [-0.15, -0.1) is 0 Å². The summed E-state index contributed by atoms with van der Waals surface area (Å²) in [7, 11) is 0. The lowest BCUT2D eigenvalue weighted by Gasteiger charge is -2.09. The van der Waals surface area contributed by atoms with E-state index in [9.17, 15) is 0 Å². The zero-order valence-electron chi connectivity index (χ0n) is 9.60. The summed E-state index contributed by atoms with van der Waals surface area (Å²) in [5.74, 6) is 1.44. The summed E-state index contributed by atoms with van der Waals surface area (Å²) in [6.45, 7) is 2.65. The number of ether oxygens (including phenoxy) is 1. The molecule has 2 aromatic rings. The van der Waals surface area contributed by atoms with E-state index < -0.39 is 0 Å². The molecule has 1 unspecified atom stereocenters. The van der Waals surface area contributed by atoms with Crippen LogP contribution in [0, 0.1) is 5.92 Å². The van der Waals surface area contributed by atoms with Gasteiger partial charge in [0.1, 0.15) is 5.82 Å². The number of aromatic nitrogens is 2. The van der Waals surface area contributed by atoms with E-state index in [0.717, 1.165) is 43.0 Å². The Morgan fingerprint density at radius 1 is 1.29 bits per heavy atom. The number of nitrogens with one attached hydrogen (secondary N) is 1. The van der Waals surface area contributed by atoms with Gasteiger partial charge in [0.25, 0.3) is 0 Å². The Hall–Kier alpha value is -1.68. The Balaban J connectivity index is 1.72. The molecule has 1 aromatic heterocycles. The number of hydrogen-bond donors (Lipinski definition) is 1. The smallest absolute Gasteiger partial charge is 0.145 e. The van der Waals surface area contributed by atoms with E-state index in [1.165, 1.54) is 0 Å². The molecule has 1 N–H and O–H groups in total. The van der Waals surface area contributed by atoms with Gasteiger partial charge in [0, 0.05) is 19.1 Å². The molecule has 3 rings (SSSR count). The molecule has 0 aliphatic carbocycles. The van der Waals surface area contributed by atoms with Crippen LogP contribution in [-0.2, 0) is 4.74 Å². The lowest BCUT2D eigenvalue weighted by molar-refractivity contribution is 0.187. The molecule has 0 spiro atoms. The van der Waals surface area contributed by atoms with Crippen molar-refractivity contribution in [2.24, 2.45) is 5.92 Å². The Bertz CT molecular complexity index is 509. The van der Waals surface area contributed by atoms with E-state index in [0.29, 0.717) is 5.92 Å². The molecule has 0 amide bonds. The van der Waals surface area contributed by atoms with E-state index in [2.05, 4.69) is 15.3 Å². The zero-order valence-corrected chi connectivity index (χ0v) is 9.60. The molecular formula is C13H15N3O. The maximum absolute atomic E-state index is 5.34. The zero-order chi connectivity index (χ0) is 11.5.